The molecule has 0 aliphatic carbocycles. The second kappa shape index (κ2) is 7.72. The predicted octanol–water partition coefficient (Wildman–Crippen LogP) is 0.0593. The molecule has 1 heterocycles. The highest BCUT2D eigenvalue weighted by Crippen LogP contribution is 2.18. The summed E-state index contributed by atoms with van der Waals surface area (Å²) in [5.41, 5.74) is 0. The zero-order valence-electron chi connectivity index (χ0n) is 12.3. The number of amides is 3. The Balaban J connectivity index is 2.32. The van der Waals surface area contributed by atoms with Crippen LogP contribution in [-0.2, 0) is 14.3 Å². The van der Waals surface area contributed by atoms with Gasteiger partial charge in [0.2, 0.25) is 5.91 Å². The molecule has 1 N–H and O–H groups in total. The van der Waals surface area contributed by atoms with Crippen LogP contribution in [0.3, 0.4) is 0 Å². The van der Waals surface area contributed by atoms with Crippen LogP contribution < -0.4 is 5.32 Å². The molecule has 114 valence electrons. The number of urea groups is 1. The first kappa shape index (κ1) is 16.3. The predicted molar refractivity (Wildman–Crippen MR) is 73.0 cm³/mol. The first-order valence-electron chi connectivity index (χ1n) is 6.85. The molecular formula is C13H23N3O4. The number of likely N-dealkylation sites (tertiary alicyclic amines) is 1. The van der Waals surface area contributed by atoms with Crippen LogP contribution >= 0.6 is 0 Å². The van der Waals surface area contributed by atoms with E-state index >= 15 is 0 Å². The smallest absolute Gasteiger partial charge is 0.325 e. The van der Waals surface area contributed by atoms with Crippen LogP contribution in [0.4, 0.5) is 4.79 Å². The second-order valence-electron chi connectivity index (χ2n) is 4.96. The molecule has 3 amide bonds. The van der Waals surface area contributed by atoms with Crippen LogP contribution in [0.5, 0.6) is 0 Å². The van der Waals surface area contributed by atoms with E-state index in [0.717, 1.165) is 0 Å². The van der Waals surface area contributed by atoms with Crippen molar-refractivity contribution in [2.45, 2.75) is 19.8 Å². The van der Waals surface area contributed by atoms with Crippen LogP contribution in [-0.4, -0.2) is 68.0 Å². The standard InChI is InChI=1S/C13H23N3O4/c1-4-20-11(17)9-14-12(18)10-5-7-16(8-6-10)13(19)15(2)3/h10H,4-9H2,1-3H3,(H,14,18). The number of piperidine rings is 1. The summed E-state index contributed by atoms with van der Waals surface area (Å²) in [6.45, 7) is 3.06. The number of ether oxygens (including phenoxy) is 1. The lowest BCUT2D eigenvalue weighted by molar-refractivity contribution is -0.144. The van der Waals surface area contributed by atoms with Crippen molar-refractivity contribution in [3.63, 3.8) is 0 Å². The summed E-state index contributed by atoms with van der Waals surface area (Å²) >= 11 is 0. The lowest BCUT2D eigenvalue weighted by Gasteiger charge is -2.32. The summed E-state index contributed by atoms with van der Waals surface area (Å²) in [4.78, 5) is 38.0. The molecule has 0 spiro atoms. The topological polar surface area (TPSA) is 79.0 Å². The van der Waals surface area contributed by atoms with Crippen molar-refractivity contribution in [1.29, 1.82) is 0 Å². The van der Waals surface area contributed by atoms with Gasteiger partial charge in [0.25, 0.3) is 0 Å². The van der Waals surface area contributed by atoms with Crippen LogP contribution in [0.1, 0.15) is 19.8 Å². The molecule has 0 saturated carbocycles. The highest BCUT2D eigenvalue weighted by molar-refractivity contribution is 5.83. The second-order valence-corrected chi connectivity index (χ2v) is 4.96. The van der Waals surface area contributed by atoms with Crippen molar-refractivity contribution >= 4 is 17.9 Å². The Kier molecular flexibility index (Phi) is 6.27. The van der Waals surface area contributed by atoms with Crippen LogP contribution in [0, 0.1) is 5.92 Å². The van der Waals surface area contributed by atoms with Crippen LogP contribution in [0.25, 0.3) is 0 Å². The summed E-state index contributed by atoms with van der Waals surface area (Å²) in [5, 5.41) is 2.58. The maximum absolute atomic E-state index is 11.9. The molecule has 7 nitrogen and oxygen atoms in total. The molecule has 0 aromatic rings. The van der Waals surface area contributed by atoms with E-state index < -0.39 is 5.97 Å². The Bertz CT molecular complexity index is 363. The van der Waals surface area contributed by atoms with Crippen molar-refractivity contribution in [3.05, 3.63) is 0 Å². The average Bonchev–Trinajstić information content (AvgIpc) is 2.44. The number of esters is 1. The van der Waals surface area contributed by atoms with Gasteiger partial charge in [-0.15, -0.1) is 0 Å². The monoisotopic (exact) mass is 285 g/mol. The van der Waals surface area contributed by atoms with Gasteiger partial charge in [-0.05, 0) is 19.8 Å². The van der Waals surface area contributed by atoms with Crippen LogP contribution in [0.15, 0.2) is 0 Å². The van der Waals surface area contributed by atoms with Gasteiger partial charge >= 0.3 is 12.0 Å². The minimum atomic E-state index is -0.430. The van der Waals surface area contributed by atoms with E-state index in [1.165, 1.54) is 4.90 Å². The largest absolute Gasteiger partial charge is 0.465 e. The van der Waals surface area contributed by atoms with Gasteiger partial charge in [0, 0.05) is 33.1 Å². The zero-order chi connectivity index (χ0) is 15.1. The quantitative estimate of drug-likeness (QED) is 0.741. The highest BCUT2D eigenvalue weighted by Gasteiger charge is 2.28. The van der Waals surface area contributed by atoms with E-state index in [4.69, 9.17) is 4.74 Å². The zero-order valence-corrected chi connectivity index (χ0v) is 12.3. The first-order chi connectivity index (χ1) is 9.45. The summed E-state index contributed by atoms with van der Waals surface area (Å²) in [6, 6.07) is -0.0321. The third-order valence-corrected chi connectivity index (χ3v) is 3.23. The summed E-state index contributed by atoms with van der Waals surface area (Å²) in [5.74, 6) is -0.716. The van der Waals surface area contributed by atoms with Gasteiger partial charge in [-0.2, -0.15) is 0 Å². The number of carbonyl (C=O) groups is 3. The Hall–Kier alpha value is -1.79. The van der Waals surface area contributed by atoms with Gasteiger partial charge in [-0.3, -0.25) is 9.59 Å². The maximum Gasteiger partial charge on any atom is 0.325 e. The summed E-state index contributed by atoms with van der Waals surface area (Å²) < 4.78 is 4.74. The molecule has 1 fully saturated rings. The number of nitrogens with one attached hydrogen (secondary N) is 1. The fourth-order valence-corrected chi connectivity index (χ4v) is 2.13. The van der Waals surface area contributed by atoms with Gasteiger partial charge < -0.3 is 19.9 Å². The Labute approximate surface area is 119 Å². The molecule has 0 bridgehead atoms. The van der Waals surface area contributed by atoms with Gasteiger partial charge in [-0.25, -0.2) is 4.79 Å². The van der Waals surface area contributed by atoms with Crippen LogP contribution in [0.2, 0.25) is 0 Å². The minimum Gasteiger partial charge on any atom is -0.465 e. The molecule has 1 saturated heterocycles. The van der Waals surface area contributed by atoms with Gasteiger partial charge in [0.1, 0.15) is 6.54 Å². The third kappa shape index (κ3) is 4.71. The number of hydrogen-bond donors (Lipinski definition) is 1. The van der Waals surface area contributed by atoms with E-state index in [1.807, 2.05) is 0 Å². The number of rotatable bonds is 4. The van der Waals surface area contributed by atoms with E-state index in [-0.39, 0.29) is 24.4 Å². The molecule has 0 unspecified atom stereocenters. The van der Waals surface area contributed by atoms with Crippen molar-refractivity contribution in [1.82, 2.24) is 15.1 Å². The number of carbonyl (C=O) groups excluding carboxylic acids is 3. The van der Waals surface area contributed by atoms with E-state index in [9.17, 15) is 14.4 Å². The molecule has 0 radical (unpaired) electrons. The third-order valence-electron chi connectivity index (χ3n) is 3.23. The summed E-state index contributed by atoms with van der Waals surface area (Å²) in [7, 11) is 3.42. The van der Waals surface area contributed by atoms with E-state index in [1.54, 1.807) is 25.9 Å². The number of hydrogen-bond acceptors (Lipinski definition) is 4. The number of nitrogens with zero attached hydrogens (tertiary/aromatic N) is 2. The molecular weight excluding hydrogens is 262 g/mol. The molecule has 0 aromatic carbocycles. The molecule has 1 aliphatic heterocycles. The average molecular weight is 285 g/mol. The Morgan fingerprint density at radius 3 is 2.35 bits per heavy atom. The van der Waals surface area contributed by atoms with Crippen molar-refractivity contribution in [2.75, 3.05) is 40.3 Å². The lowest BCUT2D eigenvalue weighted by Crippen LogP contribution is -2.47. The lowest BCUT2D eigenvalue weighted by atomic mass is 9.96. The fraction of sp³-hybridized carbons (Fsp3) is 0.769. The molecule has 1 aliphatic rings. The first-order valence-corrected chi connectivity index (χ1v) is 6.85. The van der Waals surface area contributed by atoms with E-state index in [0.29, 0.717) is 32.5 Å². The van der Waals surface area contributed by atoms with Gasteiger partial charge in [0.15, 0.2) is 0 Å². The molecule has 20 heavy (non-hydrogen) atoms. The Morgan fingerprint density at radius 2 is 1.85 bits per heavy atom. The van der Waals surface area contributed by atoms with Crippen molar-refractivity contribution in [2.24, 2.45) is 5.92 Å². The highest BCUT2D eigenvalue weighted by atomic mass is 16.5. The van der Waals surface area contributed by atoms with Gasteiger partial charge in [-0.1, -0.05) is 0 Å². The maximum atomic E-state index is 11.9. The molecule has 0 aromatic heterocycles. The van der Waals surface area contributed by atoms with Crippen molar-refractivity contribution < 1.29 is 19.1 Å². The molecule has 0 atom stereocenters. The van der Waals surface area contributed by atoms with Gasteiger partial charge in [0.05, 0.1) is 6.61 Å². The van der Waals surface area contributed by atoms with Crippen molar-refractivity contribution in [3.8, 4) is 0 Å². The Morgan fingerprint density at radius 1 is 1.25 bits per heavy atom. The summed E-state index contributed by atoms with van der Waals surface area (Å²) in [6.07, 6.45) is 1.24. The van der Waals surface area contributed by atoms with E-state index in [2.05, 4.69) is 5.32 Å². The fourth-order valence-electron chi connectivity index (χ4n) is 2.13. The minimum absolute atomic E-state index is 0.0321. The SMILES string of the molecule is CCOC(=O)CNC(=O)C1CCN(C(=O)N(C)C)CC1. The molecule has 1 rings (SSSR count). The normalized spacial score (nSPS) is 15.7. The molecule has 7 heteroatoms.